The third-order valence-corrected chi connectivity index (χ3v) is 5.73. The predicted molar refractivity (Wildman–Crippen MR) is 89.6 cm³/mol. The van der Waals surface area contributed by atoms with Crippen molar-refractivity contribution >= 4 is 0 Å². The molecule has 2 fully saturated rings. The van der Waals surface area contributed by atoms with Gasteiger partial charge in [0.1, 0.15) is 0 Å². The number of nitrogens with one attached hydrogen (secondary N) is 1. The van der Waals surface area contributed by atoms with Gasteiger partial charge in [-0.1, -0.05) is 50.1 Å². The lowest BCUT2D eigenvalue weighted by Gasteiger charge is -2.51. The molecular formula is C19H30N2. The topological polar surface area (TPSA) is 15.3 Å². The van der Waals surface area contributed by atoms with E-state index >= 15 is 0 Å². The minimum absolute atomic E-state index is 0.349. The van der Waals surface area contributed by atoms with Crippen molar-refractivity contribution in [3.05, 3.63) is 35.9 Å². The molecule has 1 aromatic rings. The summed E-state index contributed by atoms with van der Waals surface area (Å²) < 4.78 is 0. The number of hydrogen-bond acceptors (Lipinski definition) is 2. The maximum absolute atomic E-state index is 3.82. The smallest absolute Gasteiger partial charge is 0.0306 e. The second kappa shape index (κ2) is 6.50. The zero-order valence-electron chi connectivity index (χ0n) is 13.6. The molecule has 116 valence electrons. The van der Waals surface area contributed by atoms with E-state index in [0.29, 0.717) is 11.6 Å². The summed E-state index contributed by atoms with van der Waals surface area (Å²) in [6.45, 7) is 7.15. The maximum atomic E-state index is 3.82. The first kappa shape index (κ1) is 15.1. The third kappa shape index (κ3) is 3.32. The van der Waals surface area contributed by atoms with Crippen molar-refractivity contribution in [1.29, 1.82) is 0 Å². The van der Waals surface area contributed by atoms with Crippen molar-refractivity contribution in [2.75, 3.05) is 13.1 Å². The average Bonchev–Trinajstić information content (AvgIpc) is 3.04. The molecule has 2 heteroatoms. The quantitative estimate of drug-likeness (QED) is 0.909. The summed E-state index contributed by atoms with van der Waals surface area (Å²) in [4.78, 5) is 2.85. The van der Waals surface area contributed by atoms with Gasteiger partial charge in [0.25, 0.3) is 0 Å². The van der Waals surface area contributed by atoms with Gasteiger partial charge in [-0.3, -0.25) is 4.90 Å². The van der Waals surface area contributed by atoms with Crippen molar-refractivity contribution in [3.8, 4) is 0 Å². The molecular weight excluding hydrogens is 256 g/mol. The SMILES string of the molecule is CCC1(C)CNC(Cc2ccccc2)CN1C1CCCC1. The number of benzene rings is 1. The van der Waals surface area contributed by atoms with Gasteiger partial charge < -0.3 is 5.32 Å². The molecule has 1 N–H and O–H groups in total. The van der Waals surface area contributed by atoms with Crippen LogP contribution in [-0.2, 0) is 6.42 Å². The first-order valence-corrected chi connectivity index (χ1v) is 8.75. The monoisotopic (exact) mass is 286 g/mol. The fourth-order valence-electron chi connectivity index (χ4n) is 4.16. The van der Waals surface area contributed by atoms with Gasteiger partial charge >= 0.3 is 0 Å². The molecule has 2 unspecified atom stereocenters. The van der Waals surface area contributed by atoms with Crippen LogP contribution in [0.2, 0.25) is 0 Å². The Balaban J connectivity index is 1.69. The summed E-state index contributed by atoms with van der Waals surface area (Å²) in [6.07, 6.45) is 8.08. The first-order valence-electron chi connectivity index (χ1n) is 8.75. The normalized spacial score (nSPS) is 31.6. The summed E-state index contributed by atoms with van der Waals surface area (Å²) in [5.41, 5.74) is 1.81. The molecule has 0 bridgehead atoms. The molecule has 1 saturated carbocycles. The van der Waals surface area contributed by atoms with Crippen molar-refractivity contribution < 1.29 is 0 Å². The molecule has 0 radical (unpaired) electrons. The van der Waals surface area contributed by atoms with E-state index in [4.69, 9.17) is 0 Å². The number of nitrogens with zero attached hydrogens (tertiary/aromatic N) is 1. The van der Waals surface area contributed by atoms with Gasteiger partial charge in [0.2, 0.25) is 0 Å². The molecule has 1 heterocycles. The van der Waals surface area contributed by atoms with Crippen molar-refractivity contribution in [2.45, 2.75) is 70.0 Å². The Morgan fingerprint density at radius 3 is 2.57 bits per heavy atom. The van der Waals surface area contributed by atoms with Crippen LogP contribution in [0.5, 0.6) is 0 Å². The van der Waals surface area contributed by atoms with E-state index in [9.17, 15) is 0 Å². The third-order valence-electron chi connectivity index (χ3n) is 5.73. The summed E-state index contributed by atoms with van der Waals surface area (Å²) in [5, 5.41) is 3.82. The highest BCUT2D eigenvalue weighted by Crippen LogP contribution is 2.33. The largest absolute Gasteiger partial charge is 0.311 e. The number of rotatable bonds is 4. The Hall–Kier alpha value is -0.860. The average molecular weight is 286 g/mol. The van der Waals surface area contributed by atoms with E-state index in [2.05, 4.69) is 54.4 Å². The van der Waals surface area contributed by atoms with Crippen molar-refractivity contribution in [3.63, 3.8) is 0 Å². The fourth-order valence-corrected chi connectivity index (χ4v) is 4.16. The molecule has 0 amide bonds. The Morgan fingerprint density at radius 1 is 1.19 bits per heavy atom. The molecule has 1 saturated heterocycles. The van der Waals surface area contributed by atoms with Gasteiger partial charge in [0.15, 0.2) is 0 Å². The molecule has 0 spiro atoms. The molecule has 2 aliphatic rings. The van der Waals surface area contributed by atoms with Crippen LogP contribution in [0.4, 0.5) is 0 Å². The highest BCUT2D eigenvalue weighted by atomic mass is 15.3. The molecule has 3 rings (SSSR count). The van der Waals surface area contributed by atoms with Crippen LogP contribution in [0, 0.1) is 0 Å². The second-order valence-corrected chi connectivity index (χ2v) is 7.21. The summed E-state index contributed by atoms with van der Waals surface area (Å²) in [5.74, 6) is 0. The van der Waals surface area contributed by atoms with E-state index in [1.54, 1.807) is 0 Å². The number of hydrogen-bond donors (Lipinski definition) is 1. The zero-order chi connectivity index (χ0) is 14.7. The lowest BCUT2D eigenvalue weighted by Crippen LogP contribution is -2.65. The van der Waals surface area contributed by atoms with E-state index in [0.717, 1.165) is 19.0 Å². The van der Waals surface area contributed by atoms with Gasteiger partial charge in [0.05, 0.1) is 0 Å². The summed E-state index contributed by atoms with van der Waals surface area (Å²) in [6, 6.07) is 12.4. The Labute approximate surface area is 129 Å². The summed E-state index contributed by atoms with van der Waals surface area (Å²) >= 11 is 0. The zero-order valence-corrected chi connectivity index (χ0v) is 13.6. The second-order valence-electron chi connectivity index (χ2n) is 7.21. The Bertz CT molecular complexity index is 438. The van der Waals surface area contributed by atoms with Gasteiger partial charge in [0, 0.05) is 30.7 Å². The minimum Gasteiger partial charge on any atom is -0.311 e. The van der Waals surface area contributed by atoms with Crippen LogP contribution in [-0.4, -0.2) is 35.6 Å². The predicted octanol–water partition coefficient (Wildman–Crippen LogP) is 3.61. The highest BCUT2D eigenvalue weighted by Gasteiger charge is 2.40. The van der Waals surface area contributed by atoms with E-state index in [-0.39, 0.29) is 0 Å². The molecule has 1 aliphatic carbocycles. The molecule has 0 aromatic heterocycles. The lowest BCUT2D eigenvalue weighted by molar-refractivity contribution is 0.0122. The molecule has 2 nitrogen and oxygen atoms in total. The Morgan fingerprint density at radius 2 is 1.90 bits per heavy atom. The van der Waals surface area contributed by atoms with E-state index < -0.39 is 0 Å². The van der Waals surface area contributed by atoms with E-state index in [1.165, 1.54) is 44.2 Å². The minimum atomic E-state index is 0.349. The van der Waals surface area contributed by atoms with Crippen LogP contribution in [0.3, 0.4) is 0 Å². The molecule has 2 atom stereocenters. The highest BCUT2D eigenvalue weighted by molar-refractivity contribution is 5.16. The Kier molecular flexibility index (Phi) is 4.66. The number of piperazine rings is 1. The van der Waals surface area contributed by atoms with Gasteiger partial charge in [-0.15, -0.1) is 0 Å². The van der Waals surface area contributed by atoms with Gasteiger partial charge in [-0.25, -0.2) is 0 Å². The molecule has 1 aliphatic heterocycles. The summed E-state index contributed by atoms with van der Waals surface area (Å²) in [7, 11) is 0. The van der Waals surface area contributed by atoms with Gasteiger partial charge in [-0.05, 0) is 38.2 Å². The molecule has 1 aromatic carbocycles. The van der Waals surface area contributed by atoms with Crippen LogP contribution >= 0.6 is 0 Å². The van der Waals surface area contributed by atoms with Crippen molar-refractivity contribution in [2.24, 2.45) is 0 Å². The lowest BCUT2D eigenvalue weighted by atomic mass is 9.88. The van der Waals surface area contributed by atoms with Crippen LogP contribution in [0.1, 0.15) is 51.5 Å². The van der Waals surface area contributed by atoms with Crippen LogP contribution in [0.15, 0.2) is 30.3 Å². The maximum Gasteiger partial charge on any atom is 0.0306 e. The van der Waals surface area contributed by atoms with Crippen LogP contribution < -0.4 is 5.32 Å². The van der Waals surface area contributed by atoms with Gasteiger partial charge in [-0.2, -0.15) is 0 Å². The molecule has 21 heavy (non-hydrogen) atoms. The van der Waals surface area contributed by atoms with Crippen LogP contribution in [0.25, 0.3) is 0 Å². The van der Waals surface area contributed by atoms with Crippen molar-refractivity contribution in [1.82, 2.24) is 10.2 Å². The standard InChI is InChI=1S/C19H30N2/c1-3-19(2)15-20-17(13-16-9-5-4-6-10-16)14-21(19)18-11-7-8-12-18/h4-6,9-10,17-18,20H,3,7-8,11-15H2,1-2H3. The fraction of sp³-hybridized carbons (Fsp3) is 0.684. The van der Waals surface area contributed by atoms with E-state index in [1.807, 2.05) is 0 Å². The first-order chi connectivity index (χ1) is 10.2.